The second kappa shape index (κ2) is 5.26. The van der Waals surface area contributed by atoms with E-state index in [1.807, 2.05) is 0 Å². The van der Waals surface area contributed by atoms with Crippen LogP contribution in [0.4, 0.5) is 0 Å². The molecule has 0 aliphatic heterocycles. The molecule has 29 heavy (non-hydrogen) atoms. The molecule has 0 aromatic heterocycles. The Labute approximate surface area is 177 Å². The van der Waals surface area contributed by atoms with Crippen LogP contribution in [0.5, 0.6) is 0 Å². The normalized spacial score (nSPS) is 56.3. The van der Waals surface area contributed by atoms with Gasteiger partial charge in [-0.1, -0.05) is 48.0 Å². The van der Waals surface area contributed by atoms with Gasteiger partial charge in [0, 0.05) is 11.8 Å². The van der Waals surface area contributed by atoms with Gasteiger partial charge in [0.1, 0.15) is 5.60 Å². The number of carbonyl (C=O) groups excluding carboxylic acids is 1. The lowest BCUT2D eigenvalue weighted by Crippen LogP contribution is -2.90. The standard InChI is InChI=1S/C27H42O2/c1-8-25(5,6)22-17-9-14(21(22)24(2,3)4)10-18(17)23(28)29-26(7)19-12-15-11-16-13-20(26)27(15,16)19/h14-22H,8-13H2,1-7H3. The molecule has 0 heterocycles. The maximum absolute atomic E-state index is 13.6. The first kappa shape index (κ1) is 19.2. The number of carbonyl (C=O) groups is 1. The predicted octanol–water partition coefficient (Wildman–Crippen LogP) is 6.33. The van der Waals surface area contributed by atoms with Crippen LogP contribution in [0.1, 0.15) is 87.0 Å². The van der Waals surface area contributed by atoms with Crippen molar-refractivity contribution in [2.75, 3.05) is 0 Å². The van der Waals surface area contributed by atoms with Crippen LogP contribution < -0.4 is 0 Å². The minimum absolute atomic E-state index is 0.120. The van der Waals surface area contributed by atoms with Gasteiger partial charge >= 0.3 is 5.97 Å². The van der Waals surface area contributed by atoms with Crippen LogP contribution in [0.15, 0.2) is 0 Å². The molecule has 162 valence electrons. The molecule has 0 aromatic rings. The Morgan fingerprint density at radius 2 is 1.55 bits per heavy atom. The van der Waals surface area contributed by atoms with Gasteiger partial charge in [-0.25, -0.2) is 0 Å². The zero-order valence-electron chi connectivity index (χ0n) is 19.8. The Balaban J connectivity index is 1.22. The highest BCUT2D eigenvalue weighted by atomic mass is 16.6. The summed E-state index contributed by atoms with van der Waals surface area (Å²) >= 11 is 0. The molecule has 6 rings (SSSR count). The molecule has 2 nitrogen and oxygen atoms in total. The number of hydrogen-bond donors (Lipinski definition) is 0. The highest BCUT2D eigenvalue weighted by Crippen LogP contribution is 2.91. The van der Waals surface area contributed by atoms with Crippen molar-refractivity contribution in [3.05, 3.63) is 0 Å². The largest absolute Gasteiger partial charge is 0.459 e. The molecule has 0 amide bonds. The SMILES string of the molecule is CCC(C)(C)C1C2CC(CC2C(=O)OC2(C)C3CC4CC5CC2C453)C1C(C)(C)C. The highest BCUT2D eigenvalue weighted by molar-refractivity contribution is 5.74. The van der Waals surface area contributed by atoms with Gasteiger partial charge in [-0.3, -0.25) is 4.79 Å². The molecule has 6 aliphatic carbocycles. The summed E-state index contributed by atoms with van der Waals surface area (Å²) in [5, 5.41) is 0. The summed E-state index contributed by atoms with van der Waals surface area (Å²) in [7, 11) is 0. The Bertz CT molecular complexity index is 735. The Morgan fingerprint density at radius 3 is 2.07 bits per heavy atom. The molecule has 9 unspecified atom stereocenters. The van der Waals surface area contributed by atoms with Gasteiger partial charge in [-0.15, -0.1) is 0 Å². The molecule has 0 radical (unpaired) electrons. The lowest BCUT2D eigenvalue weighted by atomic mass is 9.15. The van der Waals surface area contributed by atoms with Crippen LogP contribution in [0, 0.1) is 69.5 Å². The zero-order chi connectivity index (χ0) is 20.7. The molecular weight excluding hydrogens is 356 g/mol. The van der Waals surface area contributed by atoms with Crippen molar-refractivity contribution in [2.45, 2.75) is 92.6 Å². The van der Waals surface area contributed by atoms with Crippen molar-refractivity contribution in [1.29, 1.82) is 0 Å². The van der Waals surface area contributed by atoms with Crippen molar-refractivity contribution in [3.63, 3.8) is 0 Å². The van der Waals surface area contributed by atoms with Gasteiger partial charge in [0.05, 0.1) is 5.92 Å². The van der Waals surface area contributed by atoms with Crippen molar-refractivity contribution in [3.8, 4) is 0 Å². The molecule has 0 saturated heterocycles. The monoisotopic (exact) mass is 398 g/mol. The highest BCUT2D eigenvalue weighted by Gasteiger charge is 2.89. The molecule has 2 bridgehead atoms. The average molecular weight is 399 g/mol. The van der Waals surface area contributed by atoms with E-state index in [9.17, 15) is 4.79 Å². The van der Waals surface area contributed by atoms with Crippen LogP contribution >= 0.6 is 0 Å². The molecule has 2 heteroatoms. The fourth-order valence-electron chi connectivity index (χ4n) is 10.8. The number of hydrogen-bond acceptors (Lipinski definition) is 2. The van der Waals surface area contributed by atoms with Crippen molar-refractivity contribution in [2.24, 2.45) is 69.5 Å². The molecule has 6 aliphatic rings. The predicted molar refractivity (Wildman–Crippen MR) is 115 cm³/mol. The van der Waals surface area contributed by atoms with Gasteiger partial charge in [0.15, 0.2) is 0 Å². The first-order valence-electron chi connectivity index (χ1n) is 12.7. The summed E-state index contributed by atoms with van der Waals surface area (Å²) in [5.41, 5.74) is 1.16. The summed E-state index contributed by atoms with van der Waals surface area (Å²) in [6, 6.07) is 0. The van der Waals surface area contributed by atoms with Crippen LogP contribution in [0.25, 0.3) is 0 Å². The van der Waals surface area contributed by atoms with E-state index >= 15 is 0 Å². The van der Waals surface area contributed by atoms with E-state index < -0.39 is 0 Å². The molecule has 9 atom stereocenters. The molecular formula is C27H42O2. The third-order valence-corrected chi connectivity index (χ3v) is 12.1. The minimum Gasteiger partial charge on any atom is -0.459 e. The summed E-state index contributed by atoms with van der Waals surface area (Å²) in [6.07, 6.45) is 7.70. The summed E-state index contributed by atoms with van der Waals surface area (Å²) < 4.78 is 6.52. The van der Waals surface area contributed by atoms with E-state index in [0.717, 1.165) is 24.2 Å². The molecule has 1 spiro atoms. The smallest absolute Gasteiger partial charge is 0.309 e. The number of fused-ring (bicyclic) bond motifs is 2. The van der Waals surface area contributed by atoms with Crippen LogP contribution in [-0.4, -0.2) is 11.6 Å². The number of ether oxygens (including phenoxy) is 1. The van der Waals surface area contributed by atoms with Crippen molar-refractivity contribution < 1.29 is 9.53 Å². The molecule has 0 aromatic carbocycles. The quantitative estimate of drug-likeness (QED) is 0.517. The Hall–Kier alpha value is -0.530. The van der Waals surface area contributed by atoms with E-state index in [1.165, 1.54) is 32.1 Å². The van der Waals surface area contributed by atoms with Crippen LogP contribution in [0.2, 0.25) is 0 Å². The van der Waals surface area contributed by atoms with Crippen molar-refractivity contribution in [1.82, 2.24) is 0 Å². The Kier molecular flexibility index (Phi) is 3.48. The van der Waals surface area contributed by atoms with E-state index in [1.54, 1.807) is 0 Å². The number of esters is 1. The second-order valence-electron chi connectivity index (χ2n) is 14.1. The maximum atomic E-state index is 13.6. The third-order valence-electron chi connectivity index (χ3n) is 12.1. The first-order valence-corrected chi connectivity index (χ1v) is 12.7. The molecule has 0 N–H and O–H groups in total. The van der Waals surface area contributed by atoms with Gasteiger partial charge in [-0.2, -0.15) is 0 Å². The topological polar surface area (TPSA) is 26.3 Å². The van der Waals surface area contributed by atoms with Crippen LogP contribution in [-0.2, 0) is 9.53 Å². The Morgan fingerprint density at radius 1 is 0.931 bits per heavy atom. The number of rotatable bonds is 4. The zero-order valence-corrected chi connectivity index (χ0v) is 19.8. The van der Waals surface area contributed by atoms with Gasteiger partial charge in [-0.05, 0) is 90.8 Å². The summed E-state index contributed by atoms with van der Waals surface area (Å²) in [5.74, 6) is 6.37. The van der Waals surface area contributed by atoms with E-state index in [2.05, 4.69) is 48.5 Å². The lowest BCUT2D eigenvalue weighted by molar-refractivity contribution is -0.455. The molecule has 6 fully saturated rings. The fraction of sp³-hybridized carbons (Fsp3) is 0.963. The van der Waals surface area contributed by atoms with E-state index in [4.69, 9.17) is 4.74 Å². The minimum atomic E-state index is -0.120. The first-order chi connectivity index (χ1) is 13.5. The average Bonchev–Trinajstić information content (AvgIpc) is 3.16. The van der Waals surface area contributed by atoms with Crippen molar-refractivity contribution >= 4 is 5.97 Å². The van der Waals surface area contributed by atoms with Gasteiger partial charge in [0.25, 0.3) is 0 Å². The second-order valence-corrected chi connectivity index (χ2v) is 14.1. The van der Waals surface area contributed by atoms with E-state index in [-0.39, 0.29) is 17.5 Å². The van der Waals surface area contributed by atoms with Gasteiger partial charge < -0.3 is 4.74 Å². The molecule has 6 saturated carbocycles. The van der Waals surface area contributed by atoms with E-state index in [0.29, 0.717) is 45.8 Å². The van der Waals surface area contributed by atoms with Crippen LogP contribution in [0.3, 0.4) is 0 Å². The van der Waals surface area contributed by atoms with Gasteiger partial charge in [0.2, 0.25) is 0 Å². The summed E-state index contributed by atoms with van der Waals surface area (Å²) in [4.78, 5) is 13.6. The fourth-order valence-corrected chi connectivity index (χ4v) is 10.8. The summed E-state index contributed by atoms with van der Waals surface area (Å²) in [6.45, 7) is 16.8. The third kappa shape index (κ3) is 1.96. The maximum Gasteiger partial charge on any atom is 0.309 e. The lowest BCUT2D eigenvalue weighted by Gasteiger charge is -2.90.